The highest BCUT2D eigenvalue weighted by Crippen LogP contribution is 2.32. The van der Waals surface area contributed by atoms with Gasteiger partial charge in [-0.25, -0.2) is 4.79 Å². The van der Waals surface area contributed by atoms with Crippen LogP contribution in [0.2, 0.25) is 0 Å². The van der Waals surface area contributed by atoms with Crippen molar-refractivity contribution in [3.8, 4) is 0 Å². The highest BCUT2D eigenvalue weighted by molar-refractivity contribution is 6.05. The molecule has 112 valence electrons. The van der Waals surface area contributed by atoms with E-state index in [9.17, 15) is 19.5 Å². The number of carbonyl (C=O) groups excluding carboxylic acids is 2. The largest absolute Gasteiger partial charge is 0.478 e. The van der Waals surface area contributed by atoms with Crippen molar-refractivity contribution >= 4 is 23.5 Å². The zero-order chi connectivity index (χ0) is 15.7. The molecule has 1 atom stereocenters. The predicted molar refractivity (Wildman–Crippen MR) is 75.4 cm³/mol. The Kier molecular flexibility index (Phi) is 3.97. The number of hydrogen-bond acceptors (Lipinski definition) is 4. The molecule has 1 amide bonds. The molecule has 2 rings (SSSR count). The lowest BCUT2D eigenvalue weighted by Crippen LogP contribution is -2.28. The third kappa shape index (κ3) is 2.74. The first-order valence-corrected chi connectivity index (χ1v) is 6.58. The van der Waals surface area contributed by atoms with Crippen molar-refractivity contribution in [1.82, 2.24) is 0 Å². The molecule has 1 fully saturated rings. The van der Waals surface area contributed by atoms with Crippen LogP contribution in [0.1, 0.15) is 27.9 Å². The Morgan fingerprint density at radius 1 is 1.33 bits per heavy atom. The zero-order valence-electron chi connectivity index (χ0n) is 12.2. The summed E-state index contributed by atoms with van der Waals surface area (Å²) in [6.07, 6.45) is 0.0407. The standard InChI is InChI=1S/C15H17NO5/c1-8-4-9(2)13(11(5-8)14(18)19)16-7-10(6-12(16)17)15(20)21-3/h4-5,10H,6-7H2,1-3H3,(H,18,19). The number of nitrogens with zero attached hydrogens (tertiary/aromatic N) is 1. The molecule has 0 bridgehead atoms. The minimum absolute atomic E-state index is 0.0407. The summed E-state index contributed by atoms with van der Waals surface area (Å²) in [5.74, 6) is -2.36. The maximum absolute atomic E-state index is 12.1. The Balaban J connectivity index is 2.45. The lowest BCUT2D eigenvalue weighted by atomic mass is 10.0. The Morgan fingerprint density at radius 3 is 2.57 bits per heavy atom. The van der Waals surface area contributed by atoms with Crippen LogP contribution in [0, 0.1) is 19.8 Å². The molecule has 6 heteroatoms. The Hall–Kier alpha value is -2.37. The van der Waals surface area contributed by atoms with Crippen LogP contribution in [-0.2, 0) is 14.3 Å². The smallest absolute Gasteiger partial charge is 0.337 e. The maximum atomic E-state index is 12.1. The molecular weight excluding hydrogens is 274 g/mol. The fourth-order valence-electron chi connectivity index (χ4n) is 2.73. The normalized spacial score (nSPS) is 18.0. The van der Waals surface area contributed by atoms with E-state index in [4.69, 9.17) is 0 Å². The van der Waals surface area contributed by atoms with Gasteiger partial charge in [0.05, 0.1) is 24.3 Å². The van der Waals surface area contributed by atoms with Crippen molar-refractivity contribution in [2.45, 2.75) is 20.3 Å². The van der Waals surface area contributed by atoms with Gasteiger partial charge in [-0.2, -0.15) is 0 Å². The number of aryl methyl sites for hydroxylation is 2. The molecule has 1 aliphatic rings. The van der Waals surface area contributed by atoms with Crippen molar-refractivity contribution in [2.75, 3.05) is 18.6 Å². The number of benzene rings is 1. The van der Waals surface area contributed by atoms with E-state index in [0.717, 1.165) is 5.56 Å². The van der Waals surface area contributed by atoms with E-state index in [0.29, 0.717) is 11.3 Å². The van der Waals surface area contributed by atoms with Gasteiger partial charge in [0.2, 0.25) is 5.91 Å². The summed E-state index contributed by atoms with van der Waals surface area (Å²) in [4.78, 5) is 36.5. The van der Waals surface area contributed by atoms with Crippen molar-refractivity contribution < 1.29 is 24.2 Å². The molecule has 1 heterocycles. The fourth-order valence-corrected chi connectivity index (χ4v) is 2.73. The minimum atomic E-state index is -1.09. The summed E-state index contributed by atoms with van der Waals surface area (Å²) in [5.41, 5.74) is 1.95. The highest BCUT2D eigenvalue weighted by Gasteiger charge is 2.37. The van der Waals surface area contributed by atoms with Crippen LogP contribution in [0.4, 0.5) is 5.69 Å². The minimum Gasteiger partial charge on any atom is -0.478 e. The SMILES string of the molecule is COC(=O)C1CC(=O)N(c2c(C)cc(C)cc2C(=O)O)C1. The number of ether oxygens (including phenoxy) is 1. The summed E-state index contributed by atoms with van der Waals surface area (Å²) < 4.78 is 4.66. The molecule has 1 aliphatic heterocycles. The Morgan fingerprint density at radius 2 is 2.00 bits per heavy atom. The molecule has 0 aromatic heterocycles. The maximum Gasteiger partial charge on any atom is 0.337 e. The average molecular weight is 291 g/mol. The number of carboxylic acid groups (broad SMARTS) is 1. The average Bonchev–Trinajstić information content (AvgIpc) is 2.78. The lowest BCUT2D eigenvalue weighted by Gasteiger charge is -2.21. The van der Waals surface area contributed by atoms with Gasteiger partial charge in [-0.05, 0) is 31.0 Å². The second-order valence-corrected chi connectivity index (χ2v) is 5.21. The Labute approximate surface area is 122 Å². The summed E-state index contributed by atoms with van der Waals surface area (Å²) in [5, 5.41) is 9.35. The second-order valence-electron chi connectivity index (χ2n) is 5.21. The third-order valence-electron chi connectivity index (χ3n) is 3.60. The molecule has 1 aromatic rings. The van der Waals surface area contributed by atoms with E-state index in [1.807, 2.05) is 6.07 Å². The number of hydrogen-bond donors (Lipinski definition) is 1. The summed E-state index contributed by atoms with van der Waals surface area (Å²) >= 11 is 0. The van der Waals surface area contributed by atoms with E-state index in [2.05, 4.69) is 4.74 Å². The highest BCUT2D eigenvalue weighted by atomic mass is 16.5. The Bertz CT molecular complexity index is 623. The van der Waals surface area contributed by atoms with E-state index in [1.165, 1.54) is 18.1 Å². The molecule has 1 aromatic carbocycles. The van der Waals surface area contributed by atoms with Crippen LogP contribution in [-0.4, -0.2) is 36.6 Å². The van der Waals surface area contributed by atoms with Crippen molar-refractivity contribution in [3.63, 3.8) is 0 Å². The molecular formula is C15H17NO5. The number of anilines is 1. The number of aromatic carboxylic acids is 1. The number of esters is 1. The van der Waals surface area contributed by atoms with Crippen molar-refractivity contribution in [3.05, 3.63) is 28.8 Å². The number of methoxy groups -OCH3 is 1. The van der Waals surface area contributed by atoms with Gasteiger partial charge in [-0.1, -0.05) is 6.07 Å². The number of rotatable bonds is 3. The first-order chi connectivity index (χ1) is 9.85. The first-order valence-electron chi connectivity index (χ1n) is 6.58. The van der Waals surface area contributed by atoms with E-state index in [1.54, 1.807) is 13.8 Å². The topological polar surface area (TPSA) is 83.9 Å². The summed E-state index contributed by atoms with van der Waals surface area (Å²) in [6.45, 7) is 3.70. The van der Waals surface area contributed by atoms with Gasteiger partial charge in [0.15, 0.2) is 0 Å². The fraction of sp³-hybridized carbons (Fsp3) is 0.400. The van der Waals surface area contributed by atoms with Gasteiger partial charge < -0.3 is 14.7 Å². The monoisotopic (exact) mass is 291 g/mol. The molecule has 21 heavy (non-hydrogen) atoms. The first kappa shape index (κ1) is 15.0. The van der Waals surface area contributed by atoms with Gasteiger partial charge in [-0.3, -0.25) is 9.59 Å². The molecule has 0 spiro atoms. The van der Waals surface area contributed by atoms with E-state index < -0.39 is 17.9 Å². The van der Waals surface area contributed by atoms with Crippen LogP contribution < -0.4 is 4.90 Å². The molecule has 0 saturated carbocycles. The number of carbonyl (C=O) groups is 3. The number of amides is 1. The zero-order valence-corrected chi connectivity index (χ0v) is 12.2. The van der Waals surface area contributed by atoms with Gasteiger partial charge in [-0.15, -0.1) is 0 Å². The van der Waals surface area contributed by atoms with Gasteiger partial charge in [0.1, 0.15) is 0 Å². The van der Waals surface area contributed by atoms with Crippen molar-refractivity contribution in [2.24, 2.45) is 5.92 Å². The van der Waals surface area contributed by atoms with Gasteiger partial charge >= 0.3 is 11.9 Å². The molecule has 0 radical (unpaired) electrons. The van der Waals surface area contributed by atoms with Gasteiger partial charge in [0.25, 0.3) is 0 Å². The molecule has 6 nitrogen and oxygen atoms in total. The number of carboxylic acids is 1. The van der Waals surface area contributed by atoms with E-state index >= 15 is 0 Å². The van der Waals surface area contributed by atoms with Crippen LogP contribution in [0.3, 0.4) is 0 Å². The van der Waals surface area contributed by atoms with Crippen molar-refractivity contribution in [1.29, 1.82) is 0 Å². The lowest BCUT2D eigenvalue weighted by molar-refractivity contribution is -0.145. The van der Waals surface area contributed by atoms with Gasteiger partial charge in [0, 0.05) is 13.0 Å². The quantitative estimate of drug-likeness (QED) is 0.854. The van der Waals surface area contributed by atoms with E-state index in [-0.39, 0.29) is 24.4 Å². The van der Waals surface area contributed by atoms with Crippen LogP contribution in [0.25, 0.3) is 0 Å². The van der Waals surface area contributed by atoms with Crippen LogP contribution >= 0.6 is 0 Å². The van der Waals surface area contributed by atoms with Crippen LogP contribution in [0.15, 0.2) is 12.1 Å². The second kappa shape index (κ2) is 5.55. The molecule has 1 saturated heterocycles. The predicted octanol–water partition coefficient (Wildman–Crippen LogP) is 1.53. The summed E-state index contributed by atoms with van der Waals surface area (Å²) in [7, 11) is 1.27. The molecule has 0 aliphatic carbocycles. The summed E-state index contributed by atoms with van der Waals surface area (Å²) in [6, 6.07) is 3.35. The van der Waals surface area contributed by atoms with Crippen LogP contribution in [0.5, 0.6) is 0 Å². The molecule has 1 unspecified atom stereocenters. The molecule has 1 N–H and O–H groups in total. The third-order valence-corrected chi connectivity index (χ3v) is 3.60.